The number of aryl methyl sites for hydroxylation is 3. The van der Waals surface area contributed by atoms with E-state index in [9.17, 15) is 9.59 Å². The van der Waals surface area contributed by atoms with Crippen molar-refractivity contribution in [2.24, 2.45) is 0 Å². The molecule has 0 unspecified atom stereocenters. The second-order valence-electron chi connectivity index (χ2n) is 8.43. The Morgan fingerprint density at radius 2 is 1.63 bits per heavy atom. The molecular weight excluding hydrogens is 440 g/mol. The number of hydrogen-bond acceptors (Lipinski definition) is 5. The number of rotatable bonds is 7. The molecule has 0 fully saturated rings. The molecular formula is C29H28N2O4. The number of nitrogens with one attached hydrogen (secondary N) is 1. The quantitative estimate of drug-likeness (QED) is 0.336. The van der Waals surface area contributed by atoms with Crippen molar-refractivity contribution in [3.8, 4) is 17.0 Å². The molecule has 178 valence electrons. The van der Waals surface area contributed by atoms with Gasteiger partial charge in [-0.15, -0.1) is 0 Å². The molecule has 0 saturated heterocycles. The number of esters is 1. The number of anilines is 1. The van der Waals surface area contributed by atoms with Crippen LogP contribution in [0.25, 0.3) is 22.2 Å². The molecule has 1 heterocycles. The van der Waals surface area contributed by atoms with Gasteiger partial charge < -0.3 is 14.8 Å². The fourth-order valence-electron chi connectivity index (χ4n) is 4.11. The van der Waals surface area contributed by atoms with Gasteiger partial charge >= 0.3 is 5.97 Å². The van der Waals surface area contributed by atoms with Crippen LogP contribution in [0.4, 0.5) is 5.69 Å². The maximum Gasteiger partial charge on any atom is 0.338 e. The van der Waals surface area contributed by atoms with Crippen LogP contribution >= 0.6 is 0 Å². The van der Waals surface area contributed by atoms with Gasteiger partial charge in [0.05, 0.1) is 23.4 Å². The van der Waals surface area contributed by atoms with Crippen molar-refractivity contribution >= 4 is 28.5 Å². The van der Waals surface area contributed by atoms with Crippen LogP contribution in [-0.2, 0) is 9.53 Å². The van der Waals surface area contributed by atoms with Gasteiger partial charge in [-0.2, -0.15) is 0 Å². The summed E-state index contributed by atoms with van der Waals surface area (Å²) in [5, 5.41) is 3.59. The van der Waals surface area contributed by atoms with Gasteiger partial charge in [0, 0.05) is 22.7 Å². The Morgan fingerprint density at radius 3 is 2.31 bits per heavy atom. The van der Waals surface area contributed by atoms with Crippen LogP contribution in [0.15, 0.2) is 66.7 Å². The molecule has 1 aromatic heterocycles. The zero-order chi connectivity index (χ0) is 24.9. The van der Waals surface area contributed by atoms with Gasteiger partial charge in [0.1, 0.15) is 5.75 Å². The predicted molar refractivity (Wildman–Crippen MR) is 138 cm³/mol. The molecule has 4 rings (SSSR count). The Balaban J connectivity index is 1.66. The molecule has 0 aliphatic rings. The van der Waals surface area contributed by atoms with Crippen LogP contribution in [0.5, 0.6) is 5.75 Å². The van der Waals surface area contributed by atoms with Gasteiger partial charge in [-0.3, -0.25) is 4.79 Å². The zero-order valence-corrected chi connectivity index (χ0v) is 20.3. The standard InChI is InChI=1S/C29H28N2O4/c1-5-34-29(33)22-11-12-24-23(15-22)26(16-25(30-24)21-9-7-6-8-10-21)35-17-27(32)31-28-19(3)13-18(2)14-20(28)4/h6-16H,5,17H2,1-4H3,(H,31,32). The molecule has 35 heavy (non-hydrogen) atoms. The van der Waals surface area contributed by atoms with Crippen molar-refractivity contribution < 1.29 is 19.1 Å². The summed E-state index contributed by atoms with van der Waals surface area (Å²) in [6.45, 7) is 7.81. The lowest BCUT2D eigenvalue weighted by atomic mass is 10.1. The van der Waals surface area contributed by atoms with E-state index in [2.05, 4.69) is 5.32 Å². The Labute approximate surface area is 204 Å². The summed E-state index contributed by atoms with van der Waals surface area (Å²) in [7, 11) is 0. The lowest BCUT2D eigenvalue weighted by Crippen LogP contribution is -2.21. The van der Waals surface area contributed by atoms with E-state index in [1.807, 2.05) is 63.2 Å². The van der Waals surface area contributed by atoms with Crippen molar-refractivity contribution in [1.82, 2.24) is 4.98 Å². The number of ether oxygens (including phenoxy) is 2. The predicted octanol–water partition coefficient (Wildman–Crippen LogP) is 6.02. The number of aromatic nitrogens is 1. The minimum absolute atomic E-state index is 0.191. The summed E-state index contributed by atoms with van der Waals surface area (Å²) in [6, 6.07) is 20.7. The highest BCUT2D eigenvalue weighted by atomic mass is 16.5. The number of benzene rings is 3. The summed E-state index contributed by atoms with van der Waals surface area (Å²) < 4.78 is 11.2. The second-order valence-corrected chi connectivity index (χ2v) is 8.43. The van der Waals surface area contributed by atoms with Crippen molar-refractivity contribution in [1.29, 1.82) is 0 Å². The normalized spacial score (nSPS) is 10.7. The molecule has 1 N–H and O–H groups in total. The molecule has 4 aromatic rings. The number of pyridine rings is 1. The average molecular weight is 469 g/mol. The van der Waals surface area contributed by atoms with Crippen LogP contribution in [0, 0.1) is 20.8 Å². The first-order valence-electron chi connectivity index (χ1n) is 11.5. The van der Waals surface area contributed by atoms with E-state index in [0.717, 1.165) is 27.9 Å². The first-order valence-corrected chi connectivity index (χ1v) is 11.5. The van der Waals surface area contributed by atoms with Gasteiger partial charge in [-0.05, 0) is 57.0 Å². The number of amides is 1. The van der Waals surface area contributed by atoms with Crippen molar-refractivity contribution in [2.75, 3.05) is 18.5 Å². The highest BCUT2D eigenvalue weighted by Gasteiger charge is 2.15. The summed E-state index contributed by atoms with van der Waals surface area (Å²) in [6.07, 6.45) is 0. The molecule has 0 atom stereocenters. The van der Waals surface area contributed by atoms with Gasteiger partial charge in [0.15, 0.2) is 6.61 Å². The van der Waals surface area contributed by atoms with Gasteiger partial charge in [0.25, 0.3) is 5.91 Å². The Bertz CT molecular complexity index is 1370. The minimum atomic E-state index is -0.421. The summed E-state index contributed by atoms with van der Waals surface area (Å²) in [5.41, 5.74) is 6.61. The van der Waals surface area contributed by atoms with Gasteiger partial charge in [-0.25, -0.2) is 9.78 Å². The van der Waals surface area contributed by atoms with E-state index in [1.165, 1.54) is 0 Å². The van der Waals surface area contributed by atoms with Crippen molar-refractivity contribution in [3.63, 3.8) is 0 Å². The maximum atomic E-state index is 12.8. The third kappa shape index (κ3) is 5.49. The molecule has 0 aliphatic heterocycles. The highest BCUT2D eigenvalue weighted by molar-refractivity contribution is 5.98. The molecule has 0 aliphatic carbocycles. The van der Waals surface area contributed by atoms with E-state index >= 15 is 0 Å². The number of hydrogen-bond donors (Lipinski definition) is 1. The lowest BCUT2D eigenvalue weighted by Gasteiger charge is -2.15. The zero-order valence-electron chi connectivity index (χ0n) is 20.3. The SMILES string of the molecule is CCOC(=O)c1ccc2nc(-c3ccccc3)cc(OCC(=O)Nc3c(C)cc(C)cc3C)c2c1. The molecule has 0 spiro atoms. The first-order chi connectivity index (χ1) is 16.9. The molecule has 0 saturated carbocycles. The fraction of sp³-hybridized carbons (Fsp3) is 0.207. The smallest absolute Gasteiger partial charge is 0.338 e. The van der Waals surface area contributed by atoms with E-state index in [1.54, 1.807) is 31.2 Å². The molecule has 0 bridgehead atoms. The number of nitrogens with zero attached hydrogens (tertiary/aromatic N) is 1. The summed E-state index contributed by atoms with van der Waals surface area (Å²) in [4.78, 5) is 29.8. The first kappa shape index (κ1) is 24.0. The minimum Gasteiger partial charge on any atom is -0.483 e. The Hall–Kier alpha value is -4.19. The van der Waals surface area contributed by atoms with Crippen LogP contribution in [0.1, 0.15) is 34.0 Å². The van der Waals surface area contributed by atoms with Crippen molar-refractivity contribution in [2.45, 2.75) is 27.7 Å². The third-order valence-corrected chi connectivity index (χ3v) is 5.65. The summed E-state index contributed by atoms with van der Waals surface area (Å²) in [5.74, 6) is -0.226. The summed E-state index contributed by atoms with van der Waals surface area (Å²) >= 11 is 0. The molecule has 1 amide bonds. The monoisotopic (exact) mass is 468 g/mol. The fourth-order valence-corrected chi connectivity index (χ4v) is 4.11. The largest absolute Gasteiger partial charge is 0.483 e. The van der Waals surface area contributed by atoms with Gasteiger partial charge in [0.2, 0.25) is 0 Å². The maximum absolute atomic E-state index is 12.8. The Kier molecular flexibility index (Phi) is 7.11. The van der Waals surface area contributed by atoms with E-state index < -0.39 is 5.97 Å². The van der Waals surface area contributed by atoms with Gasteiger partial charge in [-0.1, -0.05) is 48.0 Å². The van der Waals surface area contributed by atoms with Crippen LogP contribution < -0.4 is 10.1 Å². The van der Waals surface area contributed by atoms with Crippen LogP contribution in [0.3, 0.4) is 0 Å². The van der Waals surface area contributed by atoms with E-state index in [4.69, 9.17) is 14.5 Å². The van der Waals surface area contributed by atoms with Crippen LogP contribution in [-0.4, -0.2) is 30.1 Å². The molecule has 6 heteroatoms. The number of carbonyl (C=O) groups excluding carboxylic acids is 2. The second kappa shape index (κ2) is 10.4. The van der Waals surface area contributed by atoms with E-state index in [-0.39, 0.29) is 19.1 Å². The van der Waals surface area contributed by atoms with Crippen molar-refractivity contribution in [3.05, 3.63) is 89.0 Å². The van der Waals surface area contributed by atoms with E-state index in [0.29, 0.717) is 27.9 Å². The molecule has 6 nitrogen and oxygen atoms in total. The average Bonchev–Trinajstić information content (AvgIpc) is 2.85. The van der Waals surface area contributed by atoms with Crippen LogP contribution in [0.2, 0.25) is 0 Å². The molecule has 0 radical (unpaired) electrons. The highest BCUT2D eigenvalue weighted by Crippen LogP contribution is 2.31. The number of fused-ring (bicyclic) bond motifs is 1. The lowest BCUT2D eigenvalue weighted by molar-refractivity contribution is -0.118. The third-order valence-electron chi connectivity index (χ3n) is 5.65. The number of carbonyl (C=O) groups is 2. The Morgan fingerprint density at radius 1 is 0.914 bits per heavy atom. The topological polar surface area (TPSA) is 77.5 Å². The molecule has 3 aromatic carbocycles.